The number of rotatable bonds is 5. The lowest BCUT2D eigenvalue weighted by atomic mass is 9.81. The van der Waals surface area contributed by atoms with Crippen LogP contribution in [-0.4, -0.2) is 50.7 Å². The van der Waals surface area contributed by atoms with Crippen molar-refractivity contribution >= 4 is 22.9 Å². The highest BCUT2D eigenvalue weighted by Gasteiger charge is 2.39. The maximum Gasteiger partial charge on any atom is 0.340 e. The largest absolute Gasteiger partial charge is 0.452 e. The number of hydrogen-bond donors (Lipinski definition) is 0. The summed E-state index contributed by atoms with van der Waals surface area (Å²) >= 11 is 0. The van der Waals surface area contributed by atoms with Crippen molar-refractivity contribution in [2.24, 2.45) is 0 Å². The molecule has 1 saturated carbocycles. The van der Waals surface area contributed by atoms with Crippen LogP contribution in [0.25, 0.3) is 11.0 Å². The minimum Gasteiger partial charge on any atom is -0.452 e. The molecule has 2 aromatic rings. The van der Waals surface area contributed by atoms with E-state index >= 15 is 0 Å². The standard InChI is InChI=1S/C20H25N5O3/c1-14(2)25-18-15(11-23-25)9-16(10-22-18)19(27)28-12-17(26)24(3)20(13-21)7-5-4-6-8-20/h9-11,14H,4-8,12H2,1-3H3. The minimum absolute atomic E-state index is 0.156. The molecule has 1 amide bonds. The maximum atomic E-state index is 12.5. The second-order valence-corrected chi connectivity index (χ2v) is 7.55. The summed E-state index contributed by atoms with van der Waals surface area (Å²) in [5, 5.41) is 14.6. The normalized spacial score (nSPS) is 16.0. The Labute approximate surface area is 164 Å². The average Bonchev–Trinajstić information content (AvgIpc) is 3.15. The smallest absolute Gasteiger partial charge is 0.340 e. The molecule has 1 aliphatic rings. The third-order valence-electron chi connectivity index (χ3n) is 5.39. The molecular formula is C20H25N5O3. The van der Waals surface area contributed by atoms with Gasteiger partial charge in [-0.2, -0.15) is 10.4 Å². The van der Waals surface area contributed by atoms with E-state index in [1.54, 1.807) is 24.0 Å². The molecule has 0 spiro atoms. The summed E-state index contributed by atoms with van der Waals surface area (Å²) in [5.41, 5.74) is 0.155. The molecule has 0 radical (unpaired) electrons. The molecule has 8 nitrogen and oxygen atoms in total. The molecule has 0 unspecified atom stereocenters. The first-order chi connectivity index (χ1) is 13.4. The van der Waals surface area contributed by atoms with E-state index in [2.05, 4.69) is 16.2 Å². The molecule has 0 aliphatic heterocycles. The molecule has 0 aromatic carbocycles. The monoisotopic (exact) mass is 383 g/mol. The fourth-order valence-electron chi connectivity index (χ4n) is 3.63. The van der Waals surface area contributed by atoms with Crippen molar-refractivity contribution < 1.29 is 14.3 Å². The lowest BCUT2D eigenvalue weighted by molar-refractivity contribution is -0.138. The van der Waals surface area contributed by atoms with Crippen LogP contribution in [0.1, 0.15) is 62.4 Å². The number of fused-ring (bicyclic) bond motifs is 1. The Balaban J connectivity index is 1.65. The minimum atomic E-state index is -0.798. The Hall–Kier alpha value is -2.95. The van der Waals surface area contributed by atoms with Crippen LogP contribution in [0.3, 0.4) is 0 Å². The van der Waals surface area contributed by atoms with Gasteiger partial charge in [0, 0.05) is 24.7 Å². The number of likely N-dealkylation sites (N-methyl/N-ethyl adjacent to an activating group) is 1. The number of nitriles is 1. The van der Waals surface area contributed by atoms with E-state index in [-0.39, 0.29) is 17.5 Å². The summed E-state index contributed by atoms with van der Waals surface area (Å²) in [7, 11) is 1.61. The number of pyridine rings is 1. The van der Waals surface area contributed by atoms with Crippen LogP contribution in [-0.2, 0) is 9.53 Å². The van der Waals surface area contributed by atoms with Gasteiger partial charge >= 0.3 is 5.97 Å². The van der Waals surface area contributed by atoms with Crippen LogP contribution in [0, 0.1) is 11.3 Å². The van der Waals surface area contributed by atoms with E-state index in [9.17, 15) is 14.9 Å². The zero-order chi connectivity index (χ0) is 20.3. The number of carbonyl (C=O) groups excluding carboxylic acids is 2. The van der Waals surface area contributed by atoms with Crippen molar-refractivity contribution in [3.05, 3.63) is 24.0 Å². The molecule has 8 heteroatoms. The second-order valence-electron chi connectivity index (χ2n) is 7.55. The summed E-state index contributed by atoms with van der Waals surface area (Å²) in [6.07, 6.45) is 7.29. The topological polar surface area (TPSA) is 101 Å². The quantitative estimate of drug-likeness (QED) is 0.736. The summed E-state index contributed by atoms with van der Waals surface area (Å²) in [6, 6.07) is 4.11. The van der Waals surface area contributed by atoms with E-state index in [0.29, 0.717) is 18.5 Å². The fraction of sp³-hybridized carbons (Fsp3) is 0.550. The number of esters is 1. The first-order valence-corrected chi connectivity index (χ1v) is 9.56. The maximum absolute atomic E-state index is 12.5. The van der Waals surface area contributed by atoms with Crippen molar-refractivity contribution in [2.75, 3.05) is 13.7 Å². The van der Waals surface area contributed by atoms with Crippen LogP contribution in [0.4, 0.5) is 0 Å². The Kier molecular flexibility index (Phi) is 5.63. The molecule has 1 aliphatic carbocycles. The molecule has 3 rings (SSSR count). The first-order valence-electron chi connectivity index (χ1n) is 9.56. The summed E-state index contributed by atoms with van der Waals surface area (Å²) < 4.78 is 6.96. The summed E-state index contributed by atoms with van der Waals surface area (Å²) in [4.78, 5) is 30.6. The summed E-state index contributed by atoms with van der Waals surface area (Å²) in [5.74, 6) is -0.999. The van der Waals surface area contributed by atoms with Gasteiger partial charge in [0.25, 0.3) is 5.91 Å². The lowest BCUT2D eigenvalue weighted by Crippen LogP contribution is -2.51. The molecule has 0 bridgehead atoms. The van der Waals surface area contributed by atoms with Gasteiger partial charge in [0.2, 0.25) is 0 Å². The van der Waals surface area contributed by atoms with E-state index < -0.39 is 18.1 Å². The highest BCUT2D eigenvalue weighted by atomic mass is 16.5. The van der Waals surface area contributed by atoms with Crippen LogP contribution >= 0.6 is 0 Å². The second kappa shape index (κ2) is 7.97. The third kappa shape index (κ3) is 3.70. The lowest BCUT2D eigenvalue weighted by Gasteiger charge is -2.38. The predicted octanol–water partition coefficient (Wildman–Crippen LogP) is 2.85. The van der Waals surface area contributed by atoms with E-state index in [1.165, 1.54) is 11.1 Å². The highest BCUT2D eigenvalue weighted by Crippen LogP contribution is 2.32. The van der Waals surface area contributed by atoms with Gasteiger partial charge in [-0.1, -0.05) is 19.3 Å². The number of nitrogens with zero attached hydrogens (tertiary/aromatic N) is 5. The van der Waals surface area contributed by atoms with Crippen LogP contribution in [0.15, 0.2) is 18.5 Å². The Morgan fingerprint density at radius 1 is 1.32 bits per heavy atom. The van der Waals surface area contributed by atoms with Crippen molar-refractivity contribution in [1.82, 2.24) is 19.7 Å². The van der Waals surface area contributed by atoms with Gasteiger partial charge in [0.05, 0.1) is 17.8 Å². The van der Waals surface area contributed by atoms with Gasteiger partial charge in [-0.3, -0.25) is 4.79 Å². The zero-order valence-electron chi connectivity index (χ0n) is 16.5. The van der Waals surface area contributed by atoms with Crippen LogP contribution in [0.2, 0.25) is 0 Å². The Bertz CT molecular complexity index is 922. The van der Waals surface area contributed by atoms with E-state index in [4.69, 9.17) is 4.74 Å². The van der Waals surface area contributed by atoms with Gasteiger partial charge in [-0.15, -0.1) is 0 Å². The average molecular weight is 383 g/mol. The van der Waals surface area contributed by atoms with Crippen LogP contribution in [0.5, 0.6) is 0 Å². The van der Waals surface area contributed by atoms with Gasteiger partial charge in [0.15, 0.2) is 12.3 Å². The molecule has 28 heavy (non-hydrogen) atoms. The van der Waals surface area contributed by atoms with Crippen molar-refractivity contribution in [3.63, 3.8) is 0 Å². The van der Waals surface area contributed by atoms with Gasteiger partial charge in [-0.05, 0) is 32.8 Å². The van der Waals surface area contributed by atoms with E-state index in [1.807, 2.05) is 13.8 Å². The first kappa shape index (κ1) is 19.8. The number of hydrogen-bond acceptors (Lipinski definition) is 6. The SMILES string of the molecule is CC(C)n1ncc2cc(C(=O)OCC(=O)N(C)C3(C#N)CCCCC3)cnc21. The van der Waals surface area contributed by atoms with Crippen molar-refractivity contribution in [1.29, 1.82) is 5.26 Å². The fourth-order valence-corrected chi connectivity index (χ4v) is 3.63. The molecule has 1 fully saturated rings. The number of aromatic nitrogens is 3. The van der Waals surface area contributed by atoms with E-state index in [0.717, 1.165) is 24.6 Å². The highest BCUT2D eigenvalue weighted by molar-refractivity contribution is 5.94. The molecule has 0 N–H and O–H groups in total. The third-order valence-corrected chi connectivity index (χ3v) is 5.39. The van der Waals surface area contributed by atoms with Crippen molar-refractivity contribution in [2.45, 2.75) is 57.5 Å². The molecule has 2 heterocycles. The Morgan fingerprint density at radius 3 is 2.68 bits per heavy atom. The predicted molar refractivity (Wildman–Crippen MR) is 102 cm³/mol. The Morgan fingerprint density at radius 2 is 2.04 bits per heavy atom. The zero-order valence-corrected chi connectivity index (χ0v) is 16.5. The molecule has 2 aromatic heterocycles. The molecular weight excluding hydrogens is 358 g/mol. The number of ether oxygens (including phenoxy) is 1. The van der Waals surface area contributed by atoms with Crippen molar-refractivity contribution in [3.8, 4) is 6.07 Å². The molecule has 148 valence electrons. The van der Waals surface area contributed by atoms with Gasteiger partial charge in [0.1, 0.15) is 5.54 Å². The van der Waals surface area contributed by atoms with Crippen LogP contribution < -0.4 is 0 Å². The number of amides is 1. The molecule has 0 saturated heterocycles. The number of carbonyl (C=O) groups is 2. The van der Waals surface area contributed by atoms with Gasteiger partial charge < -0.3 is 9.64 Å². The van der Waals surface area contributed by atoms with Gasteiger partial charge in [-0.25, -0.2) is 14.5 Å². The molecule has 0 atom stereocenters. The summed E-state index contributed by atoms with van der Waals surface area (Å²) in [6.45, 7) is 3.60.